The van der Waals surface area contributed by atoms with Crippen molar-refractivity contribution in [2.45, 2.75) is 38.7 Å². The van der Waals surface area contributed by atoms with Gasteiger partial charge < -0.3 is 4.74 Å². The van der Waals surface area contributed by atoms with Gasteiger partial charge in [0.2, 0.25) is 0 Å². The van der Waals surface area contributed by atoms with Crippen molar-refractivity contribution in [1.29, 1.82) is 0 Å². The first kappa shape index (κ1) is 24.4. The smallest absolute Gasteiger partial charge is 0.416 e. The summed E-state index contributed by atoms with van der Waals surface area (Å²) in [4.78, 5) is 16.9. The van der Waals surface area contributed by atoms with E-state index in [1.54, 1.807) is 44.2 Å². The van der Waals surface area contributed by atoms with Gasteiger partial charge in [0.1, 0.15) is 6.10 Å². The van der Waals surface area contributed by atoms with Gasteiger partial charge in [-0.05, 0) is 55.8 Å². The second-order valence-corrected chi connectivity index (χ2v) is 7.93. The largest absolute Gasteiger partial charge is 0.455 e. The lowest BCUT2D eigenvalue weighted by Crippen LogP contribution is -2.18. The molecule has 35 heavy (non-hydrogen) atoms. The number of halogens is 6. The normalized spacial score (nSPS) is 13.1. The molecule has 4 aromatic rings. The molecule has 11 heteroatoms. The van der Waals surface area contributed by atoms with E-state index in [0.29, 0.717) is 40.2 Å². The zero-order valence-corrected chi connectivity index (χ0v) is 18.4. The van der Waals surface area contributed by atoms with Gasteiger partial charge >= 0.3 is 18.4 Å². The van der Waals surface area contributed by atoms with E-state index in [1.165, 1.54) is 6.20 Å². The van der Waals surface area contributed by atoms with Gasteiger partial charge in [-0.25, -0.2) is 15.0 Å². The molecular formula is C24H18F6N4O. The molecule has 4 rings (SSSR count). The highest BCUT2D eigenvalue weighted by atomic mass is 19.4. The average molecular weight is 492 g/mol. The van der Waals surface area contributed by atoms with Crippen molar-refractivity contribution < 1.29 is 31.1 Å². The number of rotatable bonds is 5. The lowest BCUT2D eigenvalue weighted by molar-refractivity contribution is -0.143. The van der Waals surface area contributed by atoms with E-state index < -0.39 is 29.6 Å². The summed E-state index contributed by atoms with van der Waals surface area (Å²) in [5, 5.41) is 0. The second kappa shape index (κ2) is 9.12. The maximum Gasteiger partial charge on any atom is 0.416 e. The maximum atomic E-state index is 13.5. The Hall–Kier alpha value is -3.76. The Bertz CT molecular complexity index is 1320. The standard InChI is InChI=1S/C24H18F6N4O/c1-13-7-14(2)33-22(32-13)35-21(11-18-12-31-19-5-3-4-6-20(19)34-18)15-8-16(23(25,26)27)10-17(9-15)24(28,29)30/h3-10,12,21H,11H2,1-2H3. The van der Waals surface area contributed by atoms with Crippen LogP contribution in [0.1, 0.15) is 39.9 Å². The molecule has 2 aromatic carbocycles. The Morgan fingerprint density at radius 1 is 0.771 bits per heavy atom. The lowest BCUT2D eigenvalue weighted by atomic mass is 9.98. The quantitative estimate of drug-likeness (QED) is 0.300. The number of aromatic nitrogens is 4. The molecule has 0 saturated carbocycles. The van der Waals surface area contributed by atoms with Crippen molar-refractivity contribution in [3.63, 3.8) is 0 Å². The van der Waals surface area contributed by atoms with E-state index in [1.807, 2.05) is 0 Å². The fourth-order valence-electron chi connectivity index (χ4n) is 3.55. The SMILES string of the molecule is Cc1cc(C)nc(OC(Cc2cnc3ccccc3n2)c2cc(C(F)(F)F)cc(C(F)(F)F)c2)n1. The van der Waals surface area contributed by atoms with Crippen LogP contribution in [-0.4, -0.2) is 19.9 Å². The molecule has 2 heterocycles. The fraction of sp³-hybridized carbons (Fsp3) is 0.250. The van der Waals surface area contributed by atoms with Crippen LogP contribution < -0.4 is 4.74 Å². The van der Waals surface area contributed by atoms with Crippen LogP contribution in [0.3, 0.4) is 0 Å². The van der Waals surface area contributed by atoms with Crippen LogP contribution in [0, 0.1) is 13.8 Å². The number of hydrogen-bond donors (Lipinski definition) is 0. The first-order valence-corrected chi connectivity index (χ1v) is 10.4. The molecule has 0 fully saturated rings. The van der Waals surface area contributed by atoms with Crippen LogP contribution in [-0.2, 0) is 18.8 Å². The van der Waals surface area contributed by atoms with Crippen LogP contribution in [0.15, 0.2) is 54.7 Å². The molecule has 182 valence electrons. The Morgan fingerprint density at radius 3 is 1.91 bits per heavy atom. The predicted octanol–water partition coefficient (Wildman–Crippen LogP) is 6.44. The summed E-state index contributed by atoms with van der Waals surface area (Å²) in [7, 11) is 0. The summed E-state index contributed by atoms with van der Waals surface area (Å²) >= 11 is 0. The Balaban J connectivity index is 1.82. The van der Waals surface area contributed by atoms with Gasteiger partial charge in [0, 0.05) is 24.0 Å². The number of para-hydroxylation sites is 2. The molecule has 0 bridgehead atoms. The van der Waals surface area contributed by atoms with Gasteiger partial charge in [0.05, 0.1) is 27.9 Å². The van der Waals surface area contributed by atoms with Crippen LogP contribution in [0.2, 0.25) is 0 Å². The number of benzene rings is 2. The zero-order valence-electron chi connectivity index (χ0n) is 18.4. The fourth-order valence-corrected chi connectivity index (χ4v) is 3.55. The molecule has 0 N–H and O–H groups in total. The monoisotopic (exact) mass is 492 g/mol. The van der Waals surface area contributed by atoms with Crippen LogP contribution in [0.25, 0.3) is 11.0 Å². The topological polar surface area (TPSA) is 60.8 Å². The first-order chi connectivity index (χ1) is 16.4. The molecule has 0 spiro atoms. The third-order valence-electron chi connectivity index (χ3n) is 5.08. The number of hydrogen-bond acceptors (Lipinski definition) is 5. The molecule has 2 aromatic heterocycles. The first-order valence-electron chi connectivity index (χ1n) is 10.4. The summed E-state index contributed by atoms with van der Waals surface area (Å²) in [6.07, 6.45) is -10.1. The second-order valence-electron chi connectivity index (χ2n) is 7.93. The maximum absolute atomic E-state index is 13.5. The predicted molar refractivity (Wildman–Crippen MR) is 115 cm³/mol. The zero-order chi connectivity index (χ0) is 25.4. The molecule has 0 aliphatic carbocycles. The van der Waals surface area contributed by atoms with Gasteiger partial charge in [-0.2, -0.15) is 26.3 Å². The van der Waals surface area contributed by atoms with Crippen LogP contribution in [0.4, 0.5) is 26.3 Å². The summed E-state index contributed by atoms with van der Waals surface area (Å²) in [5.41, 5.74) is -0.762. The van der Waals surface area contributed by atoms with E-state index in [2.05, 4.69) is 19.9 Å². The van der Waals surface area contributed by atoms with Gasteiger partial charge in [-0.3, -0.25) is 4.98 Å². The number of alkyl halides is 6. The third-order valence-corrected chi connectivity index (χ3v) is 5.08. The molecular weight excluding hydrogens is 474 g/mol. The van der Waals surface area contributed by atoms with E-state index in [4.69, 9.17) is 4.74 Å². The summed E-state index contributed by atoms with van der Waals surface area (Å²) < 4.78 is 86.7. The van der Waals surface area contributed by atoms with E-state index >= 15 is 0 Å². The Kier molecular flexibility index (Phi) is 6.35. The lowest BCUT2D eigenvalue weighted by Gasteiger charge is -2.21. The minimum Gasteiger partial charge on any atom is -0.455 e. The molecule has 5 nitrogen and oxygen atoms in total. The van der Waals surface area contributed by atoms with Crippen molar-refractivity contribution in [2.24, 2.45) is 0 Å². The Labute approximate surface area is 195 Å². The van der Waals surface area contributed by atoms with Crippen molar-refractivity contribution in [3.05, 3.63) is 88.5 Å². The summed E-state index contributed by atoms with van der Waals surface area (Å²) in [5.74, 6) is 0. The minimum atomic E-state index is -5.00. The number of aryl methyl sites for hydroxylation is 2. The number of ether oxygens (including phenoxy) is 1. The van der Waals surface area contributed by atoms with Crippen LogP contribution in [0.5, 0.6) is 6.01 Å². The molecule has 1 atom stereocenters. The third kappa shape index (κ3) is 5.84. The molecule has 0 aliphatic rings. The van der Waals surface area contributed by atoms with E-state index in [9.17, 15) is 26.3 Å². The minimum absolute atomic E-state index is 0.0731. The molecule has 1 unspecified atom stereocenters. The van der Waals surface area contributed by atoms with Crippen molar-refractivity contribution in [3.8, 4) is 6.01 Å². The molecule has 0 radical (unpaired) electrons. The van der Waals surface area contributed by atoms with E-state index in [0.717, 1.165) is 0 Å². The highest BCUT2D eigenvalue weighted by Gasteiger charge is 2.38. The van der Waals surface area contributed by atoms with Crippen LogP contribution >= 0.6 is 0 Å². The van der Waals surface area contributed by atoms with Crippen molar-refractivity contribution in [2.75, 3.05) is 0 Å². The van der Waals surface area contributed by atoms with Gasteiger partial charge in [0.15, 0.2) is 0 Å². The highest BCUT2D eigenvalue weighted by molar-refractivity contribution is 5.73. The van der Waals surface area contributed by atoms with Gasteiger partial charge in [0.25, 0.3) is 0 Å². The molecule has 0 saturated heterocycles. The number of fused-ring (bicyclic) bond motifs is 1. The van der Waals surface area contributed by atoms with Gasteiger partial charge in [-0.15, -0.1) is 0 Å². The van der Waals surface area contributed by atoms with Gasteiger partial charge in [-0.1, -0.05) is 12.1 Å². The van der Waals surface area contributed by atoms with E-state index in [-0.39, 0.29) is 24.1 Å². The molecule has 0 amide bonds. The number of nitrogens with zero attached hydrogens (tertiary/aromatic N) is 4. The summed E-state index contributed by atoms with van der Waals surface area (Å²) in [6.45, 7) is 3.33. The summed E-state index contributed by atoms with van der Waals surface area (Å²) in [6, 6.07) is 9.75. The van der Waals surface area contributed by atoms with Crippen molar-refractivity contribution in [1.82, 2.24) is 19.9 Å². The Morgan fingerprint density at radius 2 is 1.34 bits per heavy atom. The van der Waals surface area contributed by atoms with Crippen molar-refractivity contribution >= 4 is 11.0 Å². The molecule has 0 aliphatic heterocycles. The average Bonchev–Trinajstić information content (AvgIpc) is 2.76. The highest BCUT2D eigenvalue weighted by Crippen LogP contribution is 2.38.